The van der Waals surface area contributed by atoms with Crippen LogP contribution in [0.4, 0.5) is 5.69 Å². The normalized spacial score (nSPS) is 12.1. The van der Waals surface area contributed by atoms with E-state index in [1.54, 1.807) is 12.0 Å². The molecule has 0 fully saturated rings. The van der Waals surface area contributed by atoms with Crippen LogP contribution in [-0.2, 0) is 26.2 Å². The van der Waals surface area contributed by atoms with E-state index in [-0.39, 0.29) is 31.3 Å². The Morgan fingerprint density at radius 1 is 1.05 bits per heavy atom. The van der Waals surface area contributed by atoms with Crippen LogP contribution >= 0.6 is 0 Å². The lowest BCUT2D eigenvalue weighted by Gasteiger charge is -2.31. The molecule has 1 atom stereocenters. The fourth-order valence-corrected chi connectivity index (χ4v) is 5.38. The molecule has 8 nitrogen and oxygen atoms in total. The maximum atomic E-state index is 13.6. The minimum Gasteiger partial charge on any atom is -0.497 e. The molecule has 9 heteroatoms. The molecule has 0 aromatic heterocycles. The van der Waals surface area contributed by atoms with Crippen molar-refractivity contribution in [3.63, 3.8) is 0 Å². The minimum atomic E-state index is -3.55. The van der Waals surface area contributed by atoms with Gasteiger partial charge in [-0.05, 0) is 68.0 Å². The zero-order valence-corrected chi connectivity index (χ0v) is 24.4. The van der Waals surface area contributed by atoms with Crippen LogP contribution in [0, 0.1) is 13.8 Å². The number of nitrogens with zero attached hydrogens (tertiary/aromatic N) is 2. The van der Waals surface area contributed by atoms with Gasteiger partial charge in [0, 0.05) is 26.1 Å². The summed E-state index contributed by atoms with van der Waals surface area (Å²) in [6.45, 7) is 8.72. The van der Waals surface area contributed by atoms with E-state index in [1.807, 2.05) is 63.2 Å². The van der Waals surface area contributed by atoms with Crippen molar-refractivity contribution in [3.05, 3.63) is 59.2 Å². The molecule has 0 aliphatic heterocycles. The summed E-state index contributed by atoms with van der Waals surface area (Å²) in [5.41, 5.74) is 3.28. The van der Waals surface area contributed by atoms with Crippen LogP contribution in [0.5, 0.6) is 5.75 Å². The van der Waals surface area contributed by atoms with Crippen molar-refractivity contribution >= 4 is 27.5 Å². The van der Waals surface area contributed by atoms with Gasteiger partial charge in [-0.15, -0.1) is 0 Å². The summed E-state index contributed by atoms with van der Waals surface area (Å²) in [6, 6.07) is 12.5. The number of benzene rings is 2. The molecule has 0 aliphatic rings. The summed E-state index contributed by atoms with van der Waals surface area (Å²) in [5.74, 6) is 0.303. The van der Waals surface area contributed by atoms with E-state index in [9.17, 15) is 18.0 Å². The number of unbranched alkanes of at least 4 members (excludes halogenated alkanes) is 1. The SMILES string of the molecule is CCCCNC(=O)C(CC)N(Cc1cccc(OC)c1)C(=O)CCCN(c1cc(C)ccc1C)S(C)(=O)=O. The summed E-state index contributed by atoms with van der Waals surface area (Å²) < 4.78 is 32.0. The van der Waals surface area contributed by atoms with Gasteiger partial charge >= 0.3 is 0 Å². The number of nitrogens with one attached hydrogen (secondary N) is 1. The standard InChI is InChI=1S/C29H43N3O5S/c1-7-9-17-30-29(34)26(8-2)31(21-24-12-10-13-25(20-24)37-5)28(33)14-11-18-32(38(6,35)36)27-19-22(3)15-16-23(27)4/h10,12-13,15-16,19-20,26H,7-9,11,14,17-18,21H2,1-6H3,(H,30,34). The average molecular weight is 546 g/mol. The summed E-state index contributed by atoms with van der Waals surface area (Å²) in [5, 5.41) is 2.96. The van der Waals surface area contributed by atoms with Gasteiger partial charge in [-0.2, -0.15) is 0 Å². The van der Waals surface area contributed by atoms with Gasteiger partial charge in [-0.1, -0.05) is 44.5 Å². The number of anilines is 1. The molecule has 1 N–H and O–H groups in total. The number of carbonyl (C=O) groups is 2. The number of amides is 2. The van der Waals surface area contributed by atoms with E-state index in [0.29, 0.717) is 30.8 Å². The second kappa shape index (κ2) is 14.8. The number of ether oxygens (including phenoxy) is 1. The Morgan fingerprint density at radius 3 is 2.42 bits per heavy atom. The van der Waals surface area contributed by atoms with Crippen molar-refractivity contribution in [2.45, 2.75) is 72.4 Å². The first-order chi connectivity index (χ1) is 18.0. The van der Waals surface area contributed by atoms with E-state index in [0.717, 1.165) is 29.5 Å². The van der Waals surface area contributed by atoms with Crippen LogP contribution in [-0.4, -0.2) is 57.6 Å². The molecular formula is C29H43N3O5S. The molecule has 0 heterocycles. The molecule has 0 radical (unpaired) electrons. The molecule has 0 saturated heterocycles. The topological polar surface area (TPSA) is 96.0 Å². The van der Waals surface area contributed by atoms with Crippen LogP contribution in [0.3, 0.4) is 0 Å². The number of rotatable bonds is 15. The predicted molar refractivity (Wildman–Crippen MR) is 153 cm³/mol. The average Bonchev–Trinajstić information content (AvgIpc) is 2.87. The third-order valence-electron chi connectivity index (χ3n) is 6.49. The first-order valence-electron chi connectivity index (χ1n) is 13.3. The maximum absolute atomic E-state index is 13.6. The monoisotopic (exact) mass is 545 g/mol. The van der Waals surface area contributed by atoms with E-state index < -0.39 is 16.1 Å². The molecule has 2 rings (SSSR count). The fraction of sp³-hybridized carbons (Fsp3) is 0.517. The van der Waals surface area contributed by atoms with E-state index in [4.69, 9.17) is 4.74 Å². The quantitative estimate of drug-likeness (QED) is 0.331. The highest BCUT2D eigenvalue weighted by atomic mass is 32.2. The Balaban J connectivity index is 2.25. The molecular weight excluding hydrogens is 502 g/mol. The summed E-state index contributed by atoms with van der Waals surface area (Å²) in [7, 11) is -1.96. The van der Waals surface area contributed by atoms with Crippen molar-refractivity contribution in [1.82, 2.24) is 10.2 Å². The lowest BCUT2D eigenvalue weighted by molar-refractivity contribution is -0.141. The molecule has 0 saturated carbocycles. The lowest BCUT2D eigenvalue weighted by atomic mass is 10.1. The summed E-state index contributed by atoms with van der Waals surface area (Å²) in [4.78, 5) is 28.2. The Labute approximate surface area is 228 Å². The van der Waals surface area contributed by atoms with Crippen molar-refractivity contribution in [1.29, 1.82) is 0 Å². The van der Waals surface area contributed by atoms with Gasteiger partial charge in [0.2, 0.25) is 21.8 Å². The highest BCUT2D eigenvalue weighted by Crippen LogP contribution is 2.25. The largest absolute Gasteiger partial charge is 0.497 e. The fourth-order valence-electron chi connectivity index (χ4n) is 4.36. The Morgan fingerprint density at radius 2 is 1.79 bits per heavy atom. The van der Waals surface area contributed by atoms with Crippen LogP contribution < -0.4 is 14.4 Å². The van der Waals surface area contributed by atoms with Crippen LogP contribution in [0.2, 0.25) is 0 Å². The van der Waals surface area contributed by atoms with Crippen LogP contribution in [0.15, 0.2) is 42.5 Å². The number of hydrogen-bond donors (Lipinski definition) is 1. The first kappa shape index (κ1) is 31.1. The molecule has 0 aliphatic carbocycles. The maximum Gasteiger partial charge on any atom is 0.242 e. The van der Waals surface area contributed by atoms with Crippen molar-refractivity contribution in [3.8, 4) is 5.75 Å². The summed E-state index contributed by atoms with van der Waals surface area (Å²) in [6.07, 6.45) is 3.90. The smallest absolute Gasteiger partial charge is 0.242 e. The molecule has 1 unspecified atom stereocenters. The Hall–Kier alpha value is -3.07. The first-order valence-corrected chi connectivity index (χ1v) is 15.1. The zero-order valence-electron chi connectivity index (χ0n) is 23.6. The molecule has 2 aromatic rings. The Bertz CT molecular complexity index is 1180. The van der Waals surface area contributed by atoms with Gasteiger partial charge in [0.25, 0.3) is 0 Å². The van der Waals surface area contributed by atoms with Gasteiger partial charge < -0.3 is 15.0 Å². The molecule has 210 valence electrons. The number of sulfonamides is 1. The van der Waals surface area contributed by atoms with Gasteiger partial charge in [0.15, 0.2) is 0 Å². The number of hydrogen-bond acceptors (Lipinski definition) is 5. The van der Waals surface area contributed by atoms with Crippen LogP contribution in [0.1, 0.15) is 62.6 Å². The molecule has 2 amide bonds. The van der Waals surface area contributed by atoms with E-state index in [1.165, 1.54) is 10.6 Å². The molecule has 38 heavy (non-hydrogen) atoms. The van der Waals surface area contributed by atoms with E-state index >= 15 is 0 Å². The third kappa shape index (κ3) is 9.04. The zero-order chi connectivity index (χ0) is 28.3. The number of aryl methyl sites for hydroxylation is 2. The molecule has 0 spiro atoms. The second-order valence-corrected chi connectivity index (χ2v) is 11.6. The van der Waals surface area contributed by atoms with Gasteiger partial charge in [-0.25, -0.2) is 8.42 Å². The second-order valence-electron chi connectivity index (χ2n) is 9.67. The molecule has 0 bridgehead atoms. The highest BCUT2D eigenvalue weighted by Gasteiger charge is 2.29. The lowest BCUT2D eigenvalue weighted by Crippen LogP contribution is -2.49. The van der Waals surface area contributed by atoms with Gasteiger partial charge in [0.05, 0.1) is 19.1 Å². The minimum absolute atomic E-state index is 0.111. The Kier molecular flexibility index (Phi) is 12.1. The van der Waals surface area contributed by atoms with Crippen molar-refractivity contribution < 1.29 is 22.7 Å². The third-order valence-corrected chi connectivity index (χ3v) is 7.67. The van der Waals surface area contributed by atoms with Crippen molar-refractivity contribution in [2.75, 3.05) is 30.8 Å². The number of carbonyl (C=O) groups excluding carboxylic acids is 2. The molecule has 2 aromatic carbocycles. The predicted octanol–water partition coefficient (Wildman–Crippen LogP) is 4.58. The van der Waals surface area contributed by atoms with Gasteiger partial charge in [0.1, 0.15) is 11.8 Å². The van der Waals surface area contributed by atoms with Gasteiger partial charge in [-0.3, -0.25) is 13.9 Å². The highest BCUT2D eigenvalue weighted by molar-refractivity contribution is 7.92. The van der Waals surface area contributed by atoms with Crippen molar-refractivity contribution in [2.24, 2.45) is 0 Å². The van der Waals surface area contributed by atoms with Crippen LogP contribution in [0.25, 0.3) is 0 Å². The van der Waals surface area contributed by atoms with E-state index in [2.05, 4.69) is 12.2 Å². The summed E-state index contributed by atoms with van der Waals surface area (Å²) >= 11 is 0. The number of methoxy groups -OCH3 is 1.